The van der Waals surface area contributed by atoms with E-state index in [1.54, 1.807) is 4.90 Å². The summed E-state index contributed by atoms with van der Waals surface area (Å²) < 4.78 is 0. The van der Waals surface area contributed by atoms with E-state index in [0.717, 1.165) is 10.5 Å². The number of imide groups is 1. The minimum absolute atomic E-state index is 0.0613. The SMILES string of the molecule is CN1C(=O)NC2(CCN(C(=O)Cc3ccccc3)CC2)C1=O. The van der Waals surface area contributed by atoms with E-state index in [1.165, 1.54) is 7.05 Å². The van der Waals surface area contributed by atoms with Crippen molar-refractivity contribution >= 4 is 17.8 Å². The van der Waals surface area contributed by atoms with E-state index in [0.29, 0.717) is 32.4 Å². The smallest absolute Gasteiger partial charge is 0.324 e. The Balaban J connectivity index is 1.61. The molecule has 0 aromatic heterocycles. The number of piperidine rings is 1. The molecule has 2 heterocycles. The fourth-order valence-corrected chi connectivity index (χ4v) is 3.11. The molecule has 116 valence electrons. The van der Waals surface area contributed by atoms with Crippen LogP contribution in [0.4, 0.5) is 4.79 Å². The normalized spacial score (nSPS) is 20.4. The third-order valence-electron chi connectivity index (χ3n) is 4.53. The lowest BCUT2D eigenvalue weighted by Crippen LogP contribution is -2.56. The molecule has 6 heteroatoms. The first-order valence-electron chi connectivity index (χ1n) is 7.44. The van der Waals surface area contributed by atoms with Gasteiger partial charge in [0, 0.05) is 20.1 Å². The van der Waals surface area contributed by atoms with Crippen LogP contribution in [0.1, 0.15) is 18.4 Å². The van der Waals surface area contributed by atoms with Crippen molar-refractivity contribution in [3.8, 4) is 0 Å². The van der Waals surface area contributed by atoms with E-state index < -0.39 is 5.54 Å². The second-order valence-corrected chi connectivity index (χ2v) is 5.92. The summed E-state index contributed by atoms with van der Waals surface area (Å²) in [5, 5.41) is 2.78. The predicted molar refractivity (Wildman–Crippen MR) is 80.0 cm³/mol. The van der Waals surface area contributed by atoms with Gasteiger partial charge in [-0.2, -0.15) is 0 Å². The zero-order valence-electron chi connectivity index (χ0n) is 12.5. The number of amides is 4. The van der Waals surface area contributed by atoms with E-state index in [-0.39, 0.29) is 17.8 Å². The summed E-state index contributed by atoms with van der Waals surface area (Å²) in [6.45, 7) is 0.983. The molecule has 4 amide bonds. The van der Waals surface area contributed by atoms with E-state index in [9.17, 15) is 14.4 Å². The van der Waals surface area contributed by atoms with Crippen LogP contribution in [-0.2, 0) is 16.0 Å². The highest BCUT2D eigenvalue weighted by Gasteiger charge is 2.51. The molecule has 1 aromatic rings. The Labute approximate surface area is 129 Å². The van der Waals surface area contributed by atoms with Crippen molar-refractivity contribution in [2.75, 3.05) is 20.1 Å². The number of benzene rings is 1. The molecule has 22 heavy (non-hydrogen) atoms. The van der Waals surface area contributed by atoms with E-state index >= 15 is 0 Å². The maximum atomic E-state index is 12.3. The van der Waals surface area contributed by atoms with Gasteiger partial charge in [-0.1, -0.05) is 30.3 Å². The Hall–Kier alpha value is -2.37. The van der Waals surface area contributed by atoms with E-state index in [2.05, 4.69) is 5.32 Å². The standard InChI is InChI=1S/C16H19N3O3/c1-18-14(21)16(17-15(18)22)7-9-19(10-8-16)13(20)11-12-5-3-2-4-6-12/h2-6H,7-11H2,1H3,(H,17,22). The van der Waals surface area contributed by atoms with Crippen LogP contribution in [0.15, 0.2) is 30.3 Å². The number of likely N-dealkylation sites (tertiary alicyclic amines) is 1. The van der Waals surface area contributed by atoms with Crippen LogP contribution in [0.2, 0.25) is 0 Å². The molecule has 3 rings (SSSR count). The molecule has 0 unspecified atom stereocenters. The van der Waals surface area contributed by atoms with Crippen molar-refractivity contribution in [1.29, 1.82) is 0 Å². The van der Waals surface area contributed by atoms with Crippen LogP contribution < -0.4 is 5.32 Å². The molecule has 1 aromatic carbocycles. The first-order chi connectivity index (χ1) is 10.5. The molecule has 2 fully saturated rings. The van der Waals surface area contributed by atoms with Crippen molar-refractivity contribution in [3.05, 3.63) is 35.9 Å². The molecule has 2 aliphatic rings. The van der Waals surface area contributed by atoms with Gasteiger partial charge in [0.25, 0.3) is 5.91 Å². The highest BCUT2D eigenvalue weighted by molar-refractivity contribution is 6.06. The fourth-order valence-electron chi connectivity index (χ4n) is 3.11. The summed E-state index contributed by atoms with van der Waals surface area (Å²) in [5.74, 6) is -0.126. The molecule has 6 nitrogen and oxygen atoms in total. The van der Waals surface area contributed by atoms with Crippen molar-refractivity contribution in [3.63, 3.8) is 0 Å². The van der Waals surface area contributed by atoms with Gasteiger partial charge in [-0.05, 0) is 18.4 Å². The van der Waals surface area contributed by atoms with Gasteiger partial charge < -0.3 is 10.2 Å². The molecule has 1 spiro atoms. The van der Waals surface area contributed by atoms with Gasteiger partial charge in [-0.25, -0.2) is 4.79 Å². The number of urea groups is 1. The lowest BCUT2D eigenvalue weighted by atomic mass is 9.87. The van der Waals surface area contributed by atoms with Gasteiger partial charge in [0.15, 0.2) is 0 Å². The Bertz CT molecular complexity index is 606. The van der Waals surface area contributed by atoms with Gasteiger partial charge in [-0.15, -0.1) is 0 Å². The maximum absolute atomic E-state index is 12.3. The number of hydrogen-bond acceptors (Lipinski definition) is 3. The van der Waals surface area contributed by atoms with Gasteiger partial charge in [-0.3, -0.25) is 14.5 Å². The van der Waals surface area contributed by atoms with Crippen molar-refractivity contribution in [2.24, 2.45) is 0 Å². The number of likely N-dealkylation sites (N-methyl/N-ethyl adjacent to an activating group) is 1. The average Bonchev–Trinajstić information content (AvgIpc) is 2.73. The molecular formula is C16H19N3O3. The lowest BCUT2D eigenvalue weighted by Gasteiger charge is -2.37. The zero-order chi connectivity index (χ0) is 15.7. The summed E-state index contributed by atoms with van der Waals surface area (Å²) in [4.78, 5) is 39.1. The topological polar surface area (TPSA) is 69.7 Å². The summed E-state index contributed by atoms with van der Waals surface area (Å²) in [6, 6.07) is 9.25. The number of rotatable bonds is 2. The van der Waals surface area contributed by atoms with Crippen LogP contribution in [0, 0.1) is 0 Å². The van der Waals surface area contributed by atoms with Crippen LogP contribution in [0.3, 0.4) is 0 Å². The minimum atomic E-state index is -0.810. The van der Waals surface area contributed by atoms with Crippen molar-refractivity contribution in [2.45, 2.75) is 24.8 Å². The largest absolute Gasteiger partial charge is 0.342 e. The molecule has 0 saturated carbocycles. The van der Waals surface area contributed by atoms with Gasteiger partial charge >= 0.3 is 6.03 Å². The van der Waals surface area contributed by atoms with Crippen molar-refractivity contribution < 1.29 is 14.4 Å². The molecule has 0 bridgehead atoms. The van der Waals surface area contributed by atoms with Gasteiger partial charge in [0.05, 0.1) is 6.42 Å². The third-order valence-corrected chi connectivity index (χ3v) is 4.53. The molecular weight excluding hydrogens is 282 g/mol. The van der Waals surface area contributed by atoms with Crippen LogP contribution in [0.5, 0.6) is 0 Å². The van der Waals surface area contributed by atoms with Gasteiger partial charge in [0.1, 0.15) is 5.54 Å². The second-order valence-electron chi connectivity index (χ2n) is 5.92. The molecule has 2 aliphatic heterocycles. The number of carbonyl (C=O) groups excluding carboxylic acids is 3. The summed E-state index contributed by atoms with van der Waals surface area (Å²) in [5.41, 5.74) is 0.174. The Morgan fingerprint density at radius 3 is 2.36 bits per heavy atom. The van der Waals surface area contributed by atoms with Crippen LogP contribution >= 0.6 is 0 Å². The molecule has 2 saturated heterocycles. The summed E-state index contributed by atoms with van der Waals surface area (Å²) >= 11 is 0. The Morgan fingerprint density at radius 1 is 1.18 bits per heavy atom. The fraction of sp³-hybridized carbons (Fsp3) is 0.438. The number of nitrogens with zero attached hydrogens (tertiary/aromatic N) is 2. The third kappa shape index (κ3) is 2.45. The van der Waals surface area contributed by atoms with E-state index in [4.69, 9.17) is 0 Å². The Kier molecular flexibility index (Phi) is 3.60. The average molecular weight is 301 g/mol. The molecule has 0 radical (unpaired) electrons. The maximum Gasteiger partial charge on any atom is 0.324 e. The number of carbonyl (C=O) groups is 3. The van der Waals surface area contributed by atoms with Crippen LogP contribution in [-0.4, -0.2) is 53.3 Å². The Morgan fingerprint density at radius 2 is 1.82 bits per heavy atom. The predicted octanol–water partition coefficient (Wildman–Crippen LogP) is 0.772. The summed E-state index contributed by atoms with van der Waals surface area (Å²) in [6.07, 6.45) is 1.32. The van der Waals surface area contributed by atoms with E-state index in [1.807, 2.05) is 30.3 Å². The quantitative estimate of drug-likeness (QED) is 0.820. The second kappa shape index (κ2) is 5.44. The monoisotopic (exact) mass is 301 g/mol. The van der Waals surface area contributed by atoms with Gasteiger partial charge in [0.2, 0.25) is 5.91 Å². The number of nitrogens with one attached hydrogen (secondary N) is 1. The summed E-state index contributed by atoms with van der Waals surface area (Å²) in [7, 11) is 1.49. The van der Waals surface area contributed by atoms with Crippen molar-refractivity contribution in [1.82, 2.24) is 15.1 Å². The molecule has 1 N–H and O–H groups in total. The lowest BCUT2D eigenvalue weighted by molar-refractivity contribution is -0.137. The molecule has 0 atom stereocenters. The zero-order valence-corrected chi connectivity index (χ0v) is 12.5. The highest BCUT2D eigenvalue weighted by Crippen LogP contribution is 2.28. The highest BCUT2D eigenvalue weighted by atomic mass is 16.2. The number of hydrogen-bond donors (Lipinski definition) is 1. The minimum Gasteiger partial charge on any atom is -0.342 e. The van der Waals surface area contributed by atoms with Crippen LogP contribution in [0.25, 0.3) is 0 Å². The first kappa shape index (κ1) is 14.6. The molecule has 0 aliphatic carbocycles. The first-order valence-corrected chi connectivity index (χ1v) is 7.44.